The van der Waals surface area contributed by atoms with Gasteiger partial charge in [0.15, 0.2) is 0 Å². The Labute approximate surface area is 88.1 Å². The lowest BCUT2D eigenvalue weighted by atomic mass is 9.94. The topological polar surface area (TPSA) is 47.3 Å². The summed E-state index contributed by atoms with van der Waals surface area (Å²) in [6, 6.07) is -0.287. The Morgan fingerprint density at radius 2 is 1.87 bits per heavy atom. The van der Waals surface area contributed by atoms with Gasteiger partial charge in [-0.2, -0.15) is 13.2 Å². The van der Waals surface area contributed by atoms with Crippen LogP contribution in [-0.2, 0) is 4.74 Å². The van der Waals surface area contributed by atoms with Gasteiger partial charge in [-0.1, -0.05) is 0 Å². The summed E-state index contributed by atoms with van der Waals surface area (Å²) in [5.74, 6) is 5.27. The average molecular weight is 228 g/mol. The average Bonchev–Trinajstić information content (AvgIpc) is 2.10. The fourth-order valence-corrected chi connectivity index (χ4v) is 1.28. The van der Waals surface area contributed by atoms with E-state index in [0.29, 0.717) is 6.42 Å². The molecular formula is C9H19F3N2O. The molecule has 0 aliphatic carbocycles. The van der Waals surface area contributed by atoms with Crippen molar-refractivity contribution in [2.75, 3.05) is 7.11 Å². The van der Waals surface area contributed by atoms with Crippen molar-refractivity contribution in [1.82, 2.24) is 5.43 Å². The van der Waals surface area contributed by atoms with Gasteiger partial charge in [0.05, 0.1) is 5.60 Å². The zero-order valence-corrected chi connectivity index (χ0v) is 9.32. The van der Waals surface area contributed by atoms with Crippen LogP contribution in [0.1, 0.15) is 33.1 Å². The molecule has 3 N–H and O–H groups in total. The number of methoxy groups -OCH3 is 1. The summed E-state index contributed by atoms with van der Waals surface area (Å²) < 4.78 is 40.9. The molecule has 0 rings (SSSR count). The van der Waals surface area contributed by atoms with Crippen molar-refractivity contribution in [3.05, 3.63) is 0 Å². The molecule has 0 radical (unpaired) electrons. The molecule has 0 heterocycles. The maximum Gasteiger partial charge on any atom is 0.389 e. The monoisotopic (exact) mass is 228 g/mol. The molecule has 0 spiro atoms. The van der Waals surface area contributed by atoms with Crippen LogP contribution in [0.15, 0.2) is 0 Å². The maximum atomic E-state index is 11.9. The molecule has 0 fully saturated rings. The third kappa shape index (κ3) is 5.96. The summed E-state index contributed by atoms with van der Waals surface area (Å²) in [7, 11) is 1.51. The molecular weight excluding hydrogens is 209 g/mol. The van der Waals surface area contributed by atoms with E-state index in [1.54, 1.807) is 13.8 Å². The van der Waals surface area contributed by atoms with Crippen LogP contribution in [0.3, 0.4) is 0 Å². The van der Waals surface area contributed by atoms with Gasteiger partial charge in [0.1, 0.15) is 0 Å². The molecule has 0 aliphatic rings. The predicted octanol–water partition coefficient (Wildman–Crippen LogP) is 1.98. The van der Waals surface area contributed by atoms with Crippen LogP contribution in [-0.4, -0.2) is 24.9 Å². The fraction of sp³-hybridized carbons (Fsp3) is 1.00. The third-order valence-electron chi connectivity index (χ3n) is 2.52. The molecule has 1 atom stereocenters. The molecule has 1 unspecified atom stereocenters. The van der Waals surface area contributed by atoms with Crippen LogP contribution in [0.5, 0.6) is 0 Å². The van der Waals surface area contributed by atoms with E-state index in [0.717, 1.165) is 0 Å². The van der Waals surface area contributed by atoms with Crippen molar-refractivity contribution in [2.24, 2.45) is 5.84 Å². The van der Waals surface area contributed by atoms with Crippen LogP contribution in [0.4, 0.5) is 13.2 Å². The van der Waals surface area contributed by atoms with Crippen LogP contribution in [0.25, 0.3) is 0 Å². The van der Waals surface area contributed by atoms with Crippen LogP contribution >= 0.6 is 0 Å². The van der Waals surface area contributed by atoms with Gasteiger partial charge in [0, 0.05) is 19.6 Å². The van der Waals surface area contributed by atoms with Crippen molar-refractivity contribution in [2.45, 2.75) is 50.9 Å². The van der Waals surface area contributed by atoms with E-state index in [9.17, 15) is 13.2 Å². The van der Waals surface area contributed by atoms with Gasteiger partial charge in [-0.05, 0) is 26.7 Å². The maximum absolute atomic E-state index is 11.9. The Bertz CT molecular complexity index is 183. The molecule has 0 saturated carbocycles. The van der Waals surface area contributed by atoms with E-state index in [-0.39, 0.29) is 12.5 Å². The van der Waals surface area contributed by atoms with E-state index in [1.165, 1.54) is 7.11 Å². The second-order valence-corrected chi connectivity index (χ2v) is 4.03. The van der Waals surface area contributed by atoms with Gasteiger partial charge >= 0.3 is 6.18 Å². The first-order valence-corrected chi connectivity index (χ1v) is 4.81. The first kappa shape index (κ1) is 14.7. The number of ether oxygens (including phenoxy) is 1. The summed E-state index contributed by atoms with van der Waals surface area (Å²) >= 11 is 0. The van der Waals surface area contributed by atoms with Crippen LogP contribution in [0.2, 0.25) is 0 Å². The van der Waals surface area contributed by atoms with E-state index in [1.807, 2.05) is 0 Å². The Hall–Kier alpha value is -0.330. The van der Waals surface area contributed by atoms with Crippen LogP contribution in [0, 0.1) is 0 Å². The summed E-state index contributed by atoms with van der Waals surface area (Å²) in [6.45, 7) is 3.57. The number of halogens is 3. The number of hydrogen-bond donors (Lipinski definition) is 2. The Kier molecular flexibility index (Phi) is 5.55. The van der Waals surface area contributed by atoms with Gasteiger partial charge in [0.2, 0.25) is 0 Å². The molecule has 3 nitrogen and oxygen atoms in total. The van der Waals surface area contributed by atoms with Crippen molar-refractivity contribution in [3.63, 3.8) is 0 Å². The molecule has 6 heteroatoms. The van der Waals surface area contributed by atoms with Crippen molar-refractivity contribution in [1.29, 1.82) is 0 Å². The second kappa shape index (κ2) is 5.67. The van der Waals surface area contributed by atoms with Gasteiger partial charge in [0.25, 0.3) is 0 Å². The quantitative estimate of drug-likeness (QED) is 0.539. The summed E-state index contributed by atoms with van der Waals surface area (Å²) in [5, 5.41) is 0. The first-order valence-electron chi connectivity index (χ1n) is 4.81. The zero-order valence-electron chi connectivity index (χ0n) is 9.32. The zero-order chi connectivity index (χ0) is 12.1. The number of rotatable bonds is 6. The van der Waals surface area contributed by atoms with Crippen molar-refractivity contribution >= 4 is 0 Å². The molecule has 0 amide bonds. The fourth-order valence-electron chi connectivity index (χ4n) is 1.28. The molecule has 15 heavy (non-hydrogen) atoms. The Morgan fingerprint density at radius 1 is 1.33 bits per heavy atom. The minimum Gasteiger partial charge on any atom is -0.377 e. The SMILES string of the molecule is COC(C)(C)C(CCCC(F)(F)F)NN. The van der Waals surface area contributed by atoms with Gasteiger partial charge in [-0.15, -0.1) is 0 Å². The number of hydrazine groups is 1. The number of alkyl halides is 3. The highest BCUT2D eigenvalue weighted by Crippen LogP contribution is 2.25. The molecule has 0 saturated heterocycles. The lowest BCUT2D eigenvalue weighted by Gasteiger charge is -2.32. The Balaban J connectivity index is 4.02. The number of nitrogens with two attached hydrogens (primary N) is 1. The highest BCUT2D eigenvalue weighted by atomic mass is 19.4. The molecule has 0 aliphatic heterocycles. The van der Waals surface area contributed by atoms with Gasteiger partial charge in [-0.25, -0.2) is 0 Å². The minimum atomic E-state index is -4.10. The van der Waals surface area contributed by atoms with Crippen molar-refractivity contribution < 1.29 is 17.9 Å². The van der Waals surface area contributed by atoms with Crippen molar-refractivity contribution in [3.8, 4) is 0 Å². The van der Waals surface area contributed by atoms with Crippen LogP contribution < -0.4 is 11.3 Å². The smallest absolute Gasteiger partial charge is 0.377 e. The third-order valence-corrected chi connectivity index (χ3v) is 2.52. The van der Waals surface area contributed by atoms with E-state index >= 15 is 0 Å². The predicted molar refractivity (Wildman–Crippen MR) is 52.1 cm³/mol. The van der Waals surface area contributed by atoms with E-state index < -0.39 is 18.2 Å². The number of nitrogens with one attached hydrogen (secondary N) is 1. The molecule has 0 aromatic rings. The number of hydrogen-bond acceptors (Lipinski definition) is 3. The molecule has 0 aromatic carbocycles. The normalized spacial score (nSPS) is 15.4. The molecule has 0 aromatic heterocycles. The molecule has 92 valence electrons. The molecule has 0 bridgehead atoms. The lowest BCUT2D eigenvalue weighted by molar-refractivity contribution is -0.136. The van der Waals surface area contributed by atoms with Gasteiger partial charge < -0.3 is 4.74 Å². The second-order valence-electron chi connectivity index (χ2n) is 4.03. The first-order chi connectivity index (χ1) is 6.73. The standard InChI is InChI=1S/C9H19F3N2O/c1-8(2,15-3)7(14-13)5-4-6-9(10,11)12/h7,14H,4-6,13H2,1-3H3. The lowest BCUT2D eigenvalue weighted by Crippen LogP contribution is -2.51. The largest absolute Gasteiger partial charge is 0.389 e. The summed E-state index contributed by atoms with van der Waals surface area (Å²) in [5.41, 5.74) is 1.92. The summed E-state index contributed by atoms with van der Waals surface area (Å²) in [6.07, 6.45) is -4.51. The van der Waals surface area contributed by atoms with E-state index in [4.69, 9.17) is 10.6 Å². The van der Waals surface area contributed by atoms with Gasteiger partial charge in [-0.3, -0.25) is 11.3 Å². The highest BCUT2D eigenvalue weighted by Gasteiger charge is 2.31. The minimum absolute atomic E-state index is 0.0468. The highest BCUT2D eigenvalue weighted by molar-refractivity contribution is 4.83. The Morgan fingerprint density at radius 3 is 2.20 bits per heavy atom. The van der Waals surface area contributed by atoms with E-state index in [2.05, 4.69) is 5.43 Å². The summed E-state index contributed by atoms with van der Waals surface area (Å²) in [4.78, 5) is 0.